The number of thiophene rings is 1. The number of aromatic carboxylic acids is 1. The standard InChI is InChI=1S/C18H22O2S2.F6P/c1-17(2,3)14-9-11(10-15(22-14)18(4,5)6)12-7-8-13(21-12)16(19)20;1-7(2,3,4,5)6/h7-10H,1-6H3;/q;-1/p+1. The normalized spacial score (nSPS) is 15.0. The van der Waals surface area contributed by atoms with Gasteiger partial charge in [-0.1, -0.05) is 41.5 Å². The summed E-state index contributed by atoms with van der Waals surface area (Å²) < 4.78 is 59.2. The summed E-state index contributed by atoms with van der Waals surface area (Å²) >= 11 is 3.18. The van der Waals surface area contributed by atoms with Gasteiger partial charge in [-0.25, -0.2) is 4.79 Å². The first-order chi connectivity index (χ1) is 12.4. The van der Waals surface area contributed by atoms with Crippen LogP contribution in [0.4, 0.5) is 25.2 Å². The Morgan fingerprint density at radius 2 is 1.28 bits per heavy atom. The van der Waals surface area contributed by atoms with Crippen LogP contribution in [0.3, 0.4) is 0 Å². The third-order valence-corrected chi connectivity index (χ3v) is 6.40. The predicted octanol–water partition coefficient (Wildman–Crippen LogP) is 9.43. The van der Waals surface area contributed by atoms with E-state index in [0.29, 0.717) is 4.88 Å². The van der Waals surface area contributed by atoms with Gasteiger partial charge in [0.25, 0.3) is 0 Å². The van der Waals surface area contributed by atoms with Crippen LogP contribution in [0.5, 0.6) is 0 Å². The second-order valence-electron chi connectivity index (χ2n) is 8.50. The van der Waals surface area contributed by atoms with E-state index in [2.05, 4.69) is 53.7 Å². The van der Waals surface area contributed by atoms with Gasteiger partial charge in [-0.3, -0.25) is 0 Å². The first-order valence-electron chi connectivity index (χ1n) is 8.32. The molecule has 0 aliphatic heterocycles. The second-order valence-corrected chi connectivity index (χ2v) is 12.6. The molecule has 2 aromatic rings. The third-order valence-electron chi connectivity index (χ3n) is 3.37. The molecule has 11 heteroatoms. The average Bonchev–Trinajstić information content (AvgIpc) is 2.91. The Labute approximate surface area is 173 Å². The van der Waals surface area contributed by atoms with Crippen molar-refractivity contribution in [3.05, 3.63) is 38.9 Å². The van der Waals surface area contributed by atoms with Gasteiger partial charge in [-0.05, 0) is 12.1 Å². The number of hydrogen-bond donors (Lipinski definition) is 1. The van der Waals surface area contributed by atoms with Crippen molar-refractivity contribution >= 4 is 36.5 Å². The van der Waals surface area contributed by atoms with Gasteiger partial charge in [0.15, 0.2) is 0 Å². The van der Waals surface area contributed by atoms with Crippen molar-refractivity contribution < 1.29 is 35.1 Å². The van der Waals surface area contributed by atoms with E-state index in [4.69, 9.17) is 5.11 Å². The number of rotatable bonds is 2. The SMILES string of the molecule is CC(C)(C)c1cc(-c2ccc(C(=O)O)s2)cc(C(C)(C)C)[s+]1.F[P-](F)(F)(F)(F)F. The summed E-state index contributed by atoms with van der Waals surface area (Å²) in [5.74, 6) is -0.859. The summed E-state index contributed by atoms with van der Waals surface area (Å²) in [7, 11) is -10.7. The molecule has 2 aromatic heterocycles. The fraction of sp³-hybridized carbons (Fsp3) is 0.444. The van der Waals surface area contributed by atoms with Crippen LogP contribution in [0.2, 0.25) is 0 Å². The van der Waals surface area contributed by atoms with Crippen molar-refractivity contribution in [2.45, 2.75) is 52.4 Å². The summed E-state index contributed by atoms with van der Waals surface area (Å²) in [6, 6.07) is 8.01. The number of carboxylic acid groups (broad SMARTS) is 1. The Bertz CT molecular complexity index is 864. The van der Waals surface area contributed by atoms with Crippen molar-refractivity contribution in [3.8, 4) is 10.4 Å². The molecule has 0 saturated heterocycles. The molecule has 0 bridgehead atoms. The van der Waals surface area contributed by atoms with E-state index >= 15 is 0 Å². The van der Waals surface area contributed by atoms with Crippen molar-refractivity contribution in [2.24, 2.45) is 0 Å². The van der Waals surface area contributed by atoms with E-state index in [1.165, 1.54) is 21.1 Å². The molecule has 2 heterocycles. The number of carbonyl (C=O) groups is 1. The van der Waals surface area contributed by atoms with Crippen LogP contribution < -0.4 is 0 Å². The zero-order chi connectivity index (χ0) is 23.1. The van der Waals surface area contributed by atoms with Gasteiger partial charge in [-0.15, -0.1) is 11.3 Å². The van der Waals surface area contributed by atoms with Crippen LogP contribution in [-0.2, 0) is 10.8 Å². The van der Waals surface area contributed by atoms with Gasteiger partial charge < -0.3 is 5.11 Å². The molecule has 2 nitrogen and oxygen atoms in total. The monoisotopic (exact) mass is 480 g/mol. The Balaban J connectivity index is 0.000000516. The summed E-state index contributed by atoms with van der Waals surface area (Å²) in [5.41, 5.74) is 1.27. The summed E-state index contributed by atoms with van der Waals surface area (Å²) in [6.07, 6.45) is 0. The van der Waals surface area contributed by atoms with Crippen molar-refractivity contribution in [2.75, 3.05) is 0 Å². The maximum atomic E-state index is 11.1. The van der Waals surface area contributed by atoms with E-state index < -0.39 is 13.8 Å². The molecule has 0 aliphatic rings. The van der Waals surface area contributed by atoms with Crippen LogP contribution >= 0.6 is 30.5 Å². The molecule has 0 fully saturated rings. The predicted molar refractivity (Wildman–Crippen MR) is 110 cm³/mol. The summed E-state index contributed by atoms with van der Waals surface area (Å²) in [4.78, 5) is 15.2. The fourth-order valence-corrected chi connectivity index (χ4v) is 4.04. The van der Waals surface area contributed by atoms with Crippen LogP contribution in [0.25, 0.3) is 10.4 Å². The van der Waals surface area contributed by atoms with Crippen LogP contribution in [0.1, 0.15) is 61.0 Å². The Kier molecular flexibility index (Phi) is 6.37. The van der Waals surface area contributed by atoms with Gasteiger partial charge in [0, 0.05) is 33.4 Å². The van der Waals surface area contributed by atoms with E-state index in [-0.39, 0.29) is 10.8 Å². The number of halogens is 6. The summed E-state index contributed by atoms with van der Waals surface area (Å²) in [6.45, 7) is 13.3. The molecule has 0 aliphatic carbocycles. The molecule has 0 saturated carbocycles. The Hall–Kier alpha value is -1.25. The molecule has 29 heavy (non-hydrogen) atoms. The summed E-state index contributed by atoms with van der Waals surface area (Å²) in [5, 5.41) is 9.13. The Morgan fingerprint density at radius 3 is 1.55 bits per heavy atom. The zero-order valence-electron chi connectivity index (χ0n) is 16.7. The molecule has 166 valence electrons. The average molecular weight is 480 g/mol. The van der Waals surface area contributed by atoms with Crippen LogP contribution in [0.15, 0.2) is 24.3 Å². The maximum absolute atomic E-state index is 11.1. The van der Waals surface area contributed by atoms with Crippen molar-refractivity contribution in [1.29, 1.82) is 0 Å². The van der Waals surface area contributed by atoms with Gasteiger partial charge >= 0.3 is 39.0 Å². The van der Waals surface area contributed by atoms with E-state index in [1.54, 1.807) is 6.07 Å². The minimum atomic E-state index is -10.7. The first kappa shape index (κ1) is 25.8. The topological polar surface area (TPSA) is 37.3 Å². The van der Waals surface area contributed by atoms with Gasteiger partial charge in [-0.2, -0.15) is 0 Å². The van der Waals surface area contributed by atoms with E-state index in [1.807, 2.05) is 17.4 Å². The third kappa shape index (κ3) is 10.4. The fourth-order valence-electron chi connectivity index (χ4n) is 1.99. The molecule has 2 rings (SSSR count). The molecule has 0 amide bonds. The number of carboxylic acids is 1. The van der Waals surface area contributed by atoms with E-state index in [9.17, 15) is 30.0 Å². The van der Waals surface area contributed by atoms with Crippen molar-refractivity contribution in [3.63, 3.8) is 0 Å². The van der Waals surface area contributed by atoms with Gasteiger partial charge in [0.05, 0.1) is 0 Å². The molecular weight excluding hydrogens is 457 g/mol. The number of hydrogen-bond acceptors (Lipinski definition) is 2. The Morgan fingerprint density at radius 1 is 0.897 bits per heavy atom. The van der Waals surface area contributed by atoms with Crippen molar-refractivity contribution in [1.82, 2.24) is 0 Å². The molecule has 1 N–H and O–H groups in total. The molecule has 0 aromatic carbocycles. The molecule has 0 spiro atoms. The molecule has 0 atom stereocenters. The minimum absolute atomic E-state index is 0.0769. The molecule has 0 radical (unpaired) electrons. The van der Waals surface area contributed by atoms with Crippen LogP contribution in [-0.4, -0.2) is 11.1 Å². The molecule has 0 unspecified atom stereocenters. The van der Waals surface area contributed by atoms with E-state index in [0.717, 1.165) is 10.4 Å². The second kappa shape index (κ2) is 7.17. The quantitative estimate of drug-likeness (QED) is 0.264. The van der Waals surface area contributed by atoms with Crippen LogP contribution in [0, 0.1) is 0 Å². The van der Waals surface area contributed by atoms with Gasteiger partial charge in [0.2, 0.25) is 21.1 Å². The molecular formula is C18H23F6O2PS2. The van der Waals surface area contributed by atoms with Gasteiger partial charge in [0.1, 0.15) is 4.88 Å². The first-order valence-corrected chi connectivity index (χ1v) is 12.0. The zero-order valence-corrected chi connectivity index (χ0v) is 19.2.